The van der Waals surface area contributed by atoms with Crippen LogP contribution < -0.4 is 5.32 Å². The molecule has 0 unspecified atom stereocenters. The first-order valence-corrected chi connectivity index (χ1v) is 7.36. The van der Waals surface area contributed by atoms with Gasteiger partial charge < -0.3 is 10.4 Å². The molecule has 22 heavy (non-hydrogen) atoms. The van der Waals surface area contributed by atoms with Crippen LogP contribution in [0.1, 0.15) is 36.0 Å². The van der Waals surface area contributed by atoms with Crippen LogP contribution in [0, 0.1) is 5.92 Å². The average molecular weight is 302 g/mol. The van der Waals surface area contributed by atoms with Gasteiger partial charge in [0.2, 0.25) is 0 Å². The lowest BCUT2D eigenvalue weighted by Crippen LogP contribution is -2.38. The minimum atomic E-state index is -0.740. The number of pyridine rings is 1. The van der Waals surface area contributed by atoms with Gasteiger partial charge in [-0.15, -0.1) is 0 Å². The molecule has 2 N–H and O–H groups in total. The lowest BCUT2D eigenvalue weighted by molar-refractivity contribution is -0.142. The van der Waals surface area contributed by atoms with Crippen LogP contribution in [0.5, 0.6) is 0 Å². The molecule has 0 spiro atoms. The second kappa shape index (κ2) is 5.75. The van der Waals surface area contributed by atoms with E-state index in [1.807, 2.05) is 0 Å². The summed E-state index contributed by atoms with van der Waals surface area (Å²) in [6, 6.07) is 1.80. The molecule has 0 aliphatic heterocycles. The predicted octanol–water partition coefficient (Wildman–Crippen LogP) is 1.34. The number of nitrogens with zero attached hydrogens (tertiary/aromatic N) is 3. The molecule has 3 rings (SSSR count). The second-order valence-corrected chi connectivity index (χ2v) is 5.76. The molecule has 7 heteroatoms. The summed E-state index contributed by atoms with van der Waals surface area (Å²) in [5.74, 6) is -1.19. The van der Waals surface area contributed by atoms with E-state index in [1.165, 1.54) is 0 Å². The zero-order chi connectivity index (χ0) is 15.7. The number of rotatable bonds is 3. The quantitative estimate of drug-likeness (QED) is 0.891. The van der Waals surface area contributed by atoms with Gasteiger partial charge in [-0.25, -0.2) is 0 Å². The fourth-order valence-electron chi connectivity index (χ4n) is 2.90. The van der Waals surface area contributed by atoms with Crippen LogP contribution in [0.2, 0.25) is 0 Å². The normalized spacial score (nSPS) is 21.7. The monoisotopic (exact) mass is 302 g/mol. The van der Waals surface area contributed by atoms with Crippen molar-refractivity contribution in [3.05, 3.63) is 24.0 Å². The number of fused-ring (bicyclic) bond motifs is 1. The summed E-state index contributed by atoms with van der Waals surface area (Å²) in [5, 5.41) is 16.1. The van der Waals surface area contributed by atoms with Gasteiger partial charge in [0.15, 0.2) is 0 Å². The Morgan fingerprint density at radius 3 is 2.68 bits per heavy atom. The minimum absolute atomic E-state index is 0.0327. The maximum absolute atomic E-state index is 12.3. The Morgan fingerprint density at radius 1 is 1.27 bits per heavy atom. The molecule has 0 saturated heterocycles. The van der Waals surface area contributed by atoms with Crippen molar-refractivity contribution in [3.63, 3.8) is 0 Å². The summed E-state index contributed by atoms with van der Waals surface area (Å²) < 4.78 is 1.68. The molecule has 1 fully saturated rings. The lowest BCUT2D eigenvalue weighted by atomic mass is 9.86. The molecule has 1 aliphatic carbocycles. The number of amides is 1. The van der Waals surface area contributed by atoms with Crippen molar-refractivity contribution in [2.75, 3.05) is 0 Å². The van der Waals surface area contributed by atoms with E-state index in [0.717, 1.165) is 11.0 Å². The largest absolute Gasteiger partial charge is 0.481 e. The van der Waals surface area contributed by atoms with E-state index in [0.29, 0.717) is 31.2 Å². The highest BCUT2D eigenvalue weighted by molar-refractivity contribution is 5.96. The van der Waals surface area contributed by atoms with E-state index in [9.17, 15) is 9.59 Å². The Kier molecular flexibility index (Phi) is 3.79. The molecule has 2 aromatic rings. The summed E-state index contributed by atoms with van der Waals surface area (Å²) in [4.78, 5) is 27.5. The molecule has 7 nitrogen and oxygen atoms in total. The number of carbonyl (C=O) groups is 2. The highest BCUT2D eigenvalue weighted by Crippen LogP contribution is 2.24. The fraction of sp³-hybridized carbons (Fsp3) is 0.467. The van der Waals surface area contributed by atoms with Crippen LogP contribution in [0.3, 0.4) is 0 Å². The smallest absolute Gasteiger partial charge is 0.306 e. The van der Waals surface area contributed by atoms with E-state index in [4.69, 9.17) is 5.11 Å². The molecular formula is C15H18N4O3. The van der Waals surface area contributed by atoms with Gasteiger partial charge in [0.05, 0.1) is 23.2 Å². The molecule has 1 saturated carbocycles. The zero-order valence-corrected chi connectivity index (χ0v) is 12.3. The van der Waals surface area contributed by atoms with Crippen molar-refractivity contribution < 1.29 is 14.7 Å². The fourth-order valence-corrected chi connectivity index (χ4v) is 2.90. The number of aliphatic carboxylic acids is 1. The van der Waals surface area contributed by atoms with Gasteiger partial charge in [0, 0.05) is 19.3 Å². The SMILES string of the molecule is Cn1ncc2ncc(C(=O)NC3CCC(C(=O)O)CC3)cc21. The van der Waals surface area contributed by atoms with Gasteiger partial charge in [0.25, 0.3) is 5.91 Å². The van der Waals surface area contributed by atoms with Crippen molar-refractivity contribution in [3.8, 4) is 0 Å². The van der Waals surface area contributed by atoms with Crippen molar-refractivity contribution in [2.24, 2.45) is 13.0 Å². The first kappa shape index (κ1) is 14.5. The Bertz CT molecular complexity index is 717. The van der Waals surface area contributed by atoms with E-state index < -0.39 is 5.97 Å². The molecule has 1 amide bonds. The molecule has 0 atom stereocenters. The topological polar surface area (TPSA) is 97.1 Å². The molecular weight excluding hydrogens is 284 g/mol. The maximum atomic E-state index is 12.3. The van der Waals surface area contributed by atoms with E-state index >= 15 is 0 Å². The summed E-state index contributed by atoms with van der Waals surface area (Å²) in [6.07, 6.45) is 5.82. The third-order valence-electron chi connectivity index (χ3n) is 4.27. The Morgan fingerprint density at radius 2 is 2.00 bits per heavy atom. The van der Waals surface area contributed by atoms with Gasteiger partial charge in [-0.3, -0.25) is 19.3 Å². The average Bonchev–Trinajstić information content (AvgIpc) is 2.88. The molecule has 116 valence electrons. The number of hydrogen-bond acceptors (Lipinski definition) is 4. The van der Waals surface area contributed by atoms with Crippen LogP contribution in [0.15, 0.2) is 18.5 Å². The number of nitrogens with one attached hydrogen (secondary N) is 1. The summed E-state index contributed by atoms with van der Waals surface area (Å²) in [7, 11) is 1.80. The molecule has 2 heterocycles. The number of aryl methyl sites for hydroxylation is 1. The van der Waals surface area contributed by atoms with Crippen molar-refractivity contribution in [2.45, 2.75) is 31.7 Å². The Labute approximate surface area is 127 Å². The lowest BCUT2D eigenvalue weighted by Gasteiger charge is -2.26. The van der Waals surface area contributed by atoms with Crippen molar-refractivity contribution in [1.82, 2.24) is 20.1 Å². The number of carboxylic acid groups (broad SMARTS) is 1. The standard InChI is InChI=1S/C15H18N4O3/c1-19-13-6-10(7-16-12(13)8-17-19)14(20)18-11-4-2-9(3-5-11)15(21)22/h6-9,11H,2-5H2,1H3,(H,18,20)(H,21,22). The number of carboxylic acids is 1. The van der Waals surface area contributed by atoms with Crippen LogP contribution in [0.4, 0.5) is 0 Å². The van der Waals surface area contributed by atoms with Gasteiger partial charge in [0.1, 0.15) is 5.52 Å². The number of hydrogen-bond donors (Lipinski definition) is 2. The van der Waals surface area contributed by atoms with Gasteiger partial charge >= 0.3 is 5.97 Å². The highest BCUT2D eigenvalue weighted by atomic mass is 16.4. The van der Waals surface area contributed by atoms with Gasteiger partial charge in [-0.05, 0) is 31.7 Å². The van der Waals surface area contributed by atoms with Crippen LogP contribution in [0.25, 0.3) is 11.0 Å². The summed E-state index contributed by atoms with van der Waals surface area (Å²) >= 11 is 0. The minimum Gasteiger partial charge on any atom is -0.481 e. The maximum Gasteiger partial charge on any atom is 0.306 e. The number of carbonyl (C=O) groups excluding carboxylic acids is 1. The molecule has 1 aliphatic rings. The summed E-state index contributed by atoms with van der Waals surface area (Å²) in [6.45, 7) is 0. The van der Waals surface area contributed by atoms with E-state index in [1.54, 1.807) is 30.2 Å². The number of aromatic nitrogens is 3. The van der Waals surface area contributed by atoms with Gasteiger partial charge in [-0.1, -0.05) is 0 Å². The van der Waals surface area contributed by atoms with Crippen LogP contribution in [-0.4, -0.2) is 37.8 Å². The van der Waals surface area contributed by atoms with E-state index in [2.05, 4.69) is 15.4 Å². The third-order valence-corrected chi connectivity index (χ3v) is 4.27. The predicted molar refractivity (Wildman–Crippen MR) is 79.4 cm³/mol. The molecule has 0 radical (unpaired) electrons. The van der Waals surface area contributed by atoms with Crippen LogP contribution in [-0.2, 0) is 11.8 Å². The van der Waals surface area contributed by atoms with Crippen LogP contribution >= 0.6 is 0 Å². The van der Waals surface area contributed by atoms with E-state index in [-0.39, 0.29) is 17.9 Å². The zero-order valence-electron chi connectivity index (χ0n) is 12.3. The van der Waals surface area contributed by atoms with Gasteiger partial charge in [-0.2, -0.15) is 5.10 Å². The Hall–Kier alpha value is -2.44. The summed E-state index contributed by atoms with van der Waals surface area (Å²) in [5.41, 5.74) is 2.06. The molecule has 0 bridgehead atoms. The first-order valence-electron chi connectivity index (χ1n) is 7.36. The molecule has 0 aromatic carbocycles. The highest BCUT2D eigenvalue weighted by Gasteiger charge is 2.27. The third kappa shape index (κ3) is 2.79. The Balaban J connectivity index is 1.66. The molecule has 2 aromatic heterocycles. The first-order chi connectivity index (χ1) is 10.5. The van der Waals surface area contributed by atoms with Crippen molar-refractivity contribution >= 4 is 22.9 Å². The van der Waals surface area contributed by atoms with Crippen molar-refractivity contribution in [1.29, 1.82) is 0 Å². The second-order valence-electron chi connectivity index (χ2n) is 5.76.